The van der Waals surface area contributed by atoms with Crippen LogP contribution in [0.1, 0.15) is 25.8 Å². The number of carboxylic acids is 2. The SMILES string of the molecule is CC(C)C(NC(=O)C(CC(=O)O)NC(=O)C(N)Cc1c[nH]c2ccccc12)C(=O)O. The second kappa shape index (κ2) is 9.88. The van der Waals surface area contributed by atoms with Crippen LogP contribution in [0.25, 0.3) is 10.9 Å². The van der Waals surface area contributed by atoms with Gasteiger partial charge in [-0.3, -0.25) is 14.4 Å². The second-order valence-electron chi connectivity index (χ2n) is 7.40. The number of aromatic nitrogens is 1. The summed E-state index contributed by atoms with van der Waals surface area (Å²) < 4.78 is 0. The Morgan fingerprint density at radius 1 is 1.07 bits per heavy atom. The topological polar surface area (TPSA) is 175 Å². The summed E-state index contributed by atoms with van der Waals surface area (Å²) in [6.45, 7) is 3.20. The highest BCUT2D eigenvalue weighted by Gasteiger charge is 2.31. The minimum atomic E-state index is -1.45. The Morgan fingerprint density at radius 3 is 2.33 bits per heavy atom. The summed E-state index contributed by atoms with van der Waals surface area (Å²) in [5.41, 5.74) is 7.67. The van der Waals surface area contributed by atoms with Gasteiger partial charge in [0, 0.05) is 17.1 Å². The Bertz CT molecular complexity index is 938. The summed E-state index contributed by atoms with van der Waals surface area (Å²) in [5.74, 6) is -4.62. The maximum absolute atomic E-state index is 12.5. The number of nitrogens with one attached hydrogen (secondary N) is 3. The van der Waals surface area contributed by atoms with Crippen LogP contribution < -0.4 is 16.4 Å². The highest BCUT2D eigenvalue weighted by atomic mass is 16.4. The van der Waals surface area contributed by atoms with E-state index in [9.17, 15) is 24.3 Å². The van der Waals surface area contributed by atoms with Crippen LogP contribution in [-0.2, 0) is 25.6 Å². The van der Waals surface area contributed by atoms with Gasteiger partial charge in [0.1, 0.15) is 12.1 Å². The summed E-state index contributed by atoms with van der Waals surface area (Å²) in [7, 11) is 0. The van der Waals surface area contributed by atoms with Crippen molar-refractivity contribution < 1.29 is 29.4 Å². The number of benzene rings is 1. The number of para-hydroxylation sites is 1. The van der Waals surface area contributed by atoms with Crippen molar-refractivity contribution in [3.05, 3.63) is 36.0 Å². The van der Waals surface area contributed by atoms with Crippen molar-refractivity contribution in [2.45, 2.75) is 44.8 Å². The molecule has 2 amide bonds. The molecule has 0 saturated carbocycles. The molecule has 162 valence electrons. The lowest BCUT2D eigenvalue weighted by molar-refractivity contribution is -0.144. The highest BCUT2D eigenvalue weighted by molar-refractivity contribution is 5.94. The number of rotatable bonds is 10. The van der Waals surface area contributed by atoms with Crippen LogP contribution in [0.2, 0.25) is 0 Å². The van der Waals surface area contributed by atoms with Crippen molar-refractivity contribution in [3.8, 4) is 0 Å². The Balaban J connectivity index is 2.08. The van der Waals surface area contributed by atoms with Crippen LogP contribution in [-0.4, -0.2) is 57.1 Å². The molecule has 0 aliphatic rings. The molecular weight excluding hydrogens is 392 g/mol. The van der Waals surface area contributed by atoms with Crippen LogP contribution in [0.3, 0.4) is 0 Å². The fourth-order valence-electron chi connectivity index (χ4n) is 3.06. The molecular formula is C20H26N4O6. The summed E-state index contributed by atoms with van der Waals surface area (Å²) >= 11 is 0. The van der Waals surface area contributed by atoms with E-state index in [4.69, 9.17) is 10.8 Å². The molecule has 0 aliphatic carbocycles. The number of carbonyl (C=O) groups is 4. The van der Waals surface area contributed by atoms with E-state index in [0.717, 1.165) is 16.5 Å². The summed E-state index contributed by atoms with van der Waals surface area (Å²) in [5, 5.41) is 23.8. The Hall–Kier alpha value is -3.40. The number of H-pyrrole nitrogens is 1. The van der Waals surface area contributed by atoms with Gasteiger partial charge in [-0.05, 0) is 24.0 Å². The first-order chi connectivity index (χ1) is 14.1. The van der Waals surface area contributed by atoms with Crippen LogP contribution >= 0.6 is 0 Å². The second-order valence-corrected chi connectivity index (χ2v) is 7.40. The zero-order valence-electron chi connectivity index (χ0n) is 16.7. The molecule has 7 N–H and O–H groups in total. The molecule has 0 bridgehead atoms. The van der Waals surface area contributed by atoms with Gasteiger partial charge in [0.25, 0.3) is 0 Å². The number of nitrogens with two attached hydrogens (primary N) is 1. The van der Waals surface area contributed by atoms with E-state index < -0.39 is 54.2 Å². The minimum absolute atomic E-state index is 0.168. The number of carboxylic acid groups (broad SMARTS) is 2. The van der Waals surface area contributed by atoms with E-state index in [0.29, 0.717) is 0 Å². The van der Waals surface area contributed by atoms with E-state index in [1.807, 2.05) is 24.3 Å². The van der Waals surface area contributed by atoms with Gasteiger partial charge in [-0.15, -0.1) is 0 Å². The fraction of sp³-hybridized carbons (Fsp3) is 0.400. The molecule has 10 heteroatoms. The molecule has 0 aliphatic heterocycles. The van der Waals surface area contributed by atoms with Crippen molar-refractivity contribution in [2.75, 3.05) is 0 Å². The minimum Gasteiger partial charge on any atom is -0.481 e. The smallest absolute Gasteiger partial charge is 0.326 e. The molecule has 1 heterocycles. The number of amides is 2. The standard InChI is InChI=1S/C20H26N4O6/c1-10(2)17(20(29)30)24-19(28)15(8-16(25)26)23-18(27)13(21)7-11-9-22-14-6-4-3-5-12(11)14/h3-6,9-10,13,15,17,22H,7-8,21H2,1-2H3,(H,23,27)(H,24,28)(H,25,26)(H,29,30). The monoisotopic (exact) mass is 418 g/mol. The first-order valence-corrected chi connectivity index (χ1v) is 9.46. The number of fused-ring (bicyclic) bond motifs is 1. The van der Waals surface area contributed by atoms with E-state index >= 15 is 0 Å². The molecule has 0 saturated heterocycles. The predicted octanol–water partition coefficient (Wildman–Crippen LogP) is 0.223. The molecule has 1 aromatic carbocycles. The van der Waals surface area contributed by atoms with E-state index in [2.05, 4.69) is 15.6 Å². The normalized spacial score (nSPS) is 14.1. The van der Waals surface area contributed by atoms with Crippen molar-refractivity contribution in [1.82, 2.24) is 15.6 Å². The molecule has 0 spiro atoms. The maximum atomic E-state index is 12.5. The third kappa shape index (κ3) is 5.80. The average Bonchev–Trinajstić information content (AvgIpc) is 3.07. The van der Waals surface area contributed by atoms with Crippen molar-refractivity contribution in [1.29, 1.82) is 0 Å². The first kappa shape index (κ1) is 22.9. The Morgan fingerprint density at radius 2 is 1.73 bits per heavy atom. The van der Waals surface area contributed by atoms with E-state index in [1.54, 1.807) is 20.0 Å². The predicted molar refractivity (Wildman–Crippen MR) is 109 cm³/mol. The number of hydrogen-bond donors (Lipinski definition) is 6. The highest BCUT2D eigenvalue weighted by Crippen LogP contribution is 2.18. The number of hydrogen-bond acceptors (Lipinski definition) is 5. The van der Waals surface area contributed by atoms with Gasteiger partial charge in [0.2, 0.25) is 11.8 Å². The zero-order chi connectivity index (χ0) is 22.4. The van der Waals surface area contributed by atoms with Crippen molar-refractivity contribution in [3.63, 3.8) is 0 Å². The molecule has 0 radical (unpaired) electrons. The molecule has 1 aromatic heterocycles. The average molecular weight is 418 g/mol. The third-order valence-electron chi connectivity index (χ3n) is 4.69. The maximum Gasteiger partial charge on any atom is 0.326 e. The molecule has 2 rings (SSSR count). The number of aliphatic carboxylic acids is 2. The van der Waals surface area contributed by atoms with Gasteiger partial charge in [0.05, 0.1) is 12.5 Å². The largest absolute Gasteiger partial charge is 0.481 e. The van der Waals surface area contributed by atoms with Gasteiger partial charge in [-0.2, -0.15) is 0 Å². The van der Waals surface area contributed by atoms with Crippen molar-refractivity contribution >= 4 is 34.7 Å². The van der Waals surface area contributed by atoms with Crippen LogP contribution in [0, 0.1) is 5.92 Å². The van der Waals surface area contributed by atoms with Gasteiger partial charge < -0.3 is 31.6 Å². The van der Waals surface area contributed by atoms with Crippen LogP contribution in [0.15, 0.2) is 30.5 Å². The fourth-order valence-corrected chi connectivity index (χ4v) is 3.06. The van der Waals surface area contributed by atoms with Gasteiger partial charge in [0.15, 0.2) is 0 Å². The zero-order valence-corrected chi connectivity index (χ0v) is 16.7. The summed E-state index contributed by atoms with van der Waals surface area (Å²) in [6, 6.07) is 3.78. The quantitative estimate of drug-likeness (QED) is 0.320. The lowest BCUT2D eigenvalue weighted by Crippen LogP contribution is -2.56. The van der Waals surface area contributed by atoms with Gasteiger partial charge in [-0.25, -0.2) is 4.79 Å². The molecule has 10 nitrogen and oxygen atoms in total. The molecule has 3 atom stereocenters. The Labute approximate surface area is 172 Å². The third-order valence-corrected chi connectivity index (χ3v) is 4.69. The number of aromatic amines is 1. The van der Waals surface area contributed by atoms with E-state index in [1.165, 1.54) is 0 Å². The molecule has 30 heavy (non-hydrogen) atoms. The number of carbonyl (C=O) groups excluding carboxylic acids is 2. The molecule has 2 aromatic rings. The van der Waals surface area contributed by atoms with Crippen LogP contribution in [0.4, 0.5) is 0 Å². The molecule has 3 unspecified atom stereocenters. The Kier molecular flexibility index (Phi) is 7.54. The lowest BCUT2D eigenvalue weighted by atomic mass is 10.0. The van der Waals surface area contributed by atoms with Gasteiger partial charge >= 0.3 is 11.9 Å². The van der Waals surface area contributed by atoms with Crippen molar-refractivity contribution in [2.24, 2.45) is 11.7 Å². The summed E-state index contributed by atoms with van der Waals surface area (Å²) in [6.07, 6.45) is 1.20. The molecule has 0 fully saturated rings. The van der Waals surface area contributed by atoms with Gasteiger partial charge in [-0.1, -0.05) is 32.0 Å². The summed E-state index contributed by atoms with van der Waals surface area (Å²) in [4.78, 5) is 50.5. The first-order valence-electron chi connectivity index (χ1n) is 9.46. The van der Waals surface area contributed by atoms with Crippen LogP contribution in [0.5, 0.6) is 0 Å². The van der Waals surface area contributed by atoms with E-state index in [-0.39, 0.29) is 6.42 Å². The lowest BCUT2D eigenvalue weighted by Gasteiger charge is -2.23.